The van der Waals surface area contributed by atoms with Gasteiger partial charge in [0.2, 0.25) is 0 Å². The van der Waals surface area contributed by atoms with Crippen LogP contribution in [-0.2, 0) is 38.7 Å². The molecule has 2 aliphatic rings. The van der Waals surface area contributed by atoms with Crippen molar-refractivity contribution in [2.24, 2.45) is 5.41 Å². The number of ether oxygens (including phenoxy) is 2. The fraction of sp³-hybridized carbons (Fsp3) is 0.333. The molecule has 0 bridgehead atoms. The van der Waals surface area contributed by atoms with E-state index in [0.29, 0.717) is 0 Å². The van der Waals surface area contributed by atoms with Gasteiger partial charge in [0.25, 0.3) is 0 Å². The molecule has 0 aromatic heterocycles. The van der Waals surface area contributed by atoms with Crippen LogP contribution in [0.15, 0.2) is 82.6 Å². The number of hydrogen-bond donors (Lipinski definition) is 0. The minimum atomic E-state index is -4.42. The van der Waals surface area contributed by atoms with Gasteiger partial charge in [0.15, 0.2) is 25.1 Å². The first-order chi connectivity index (χ1) is 16.0. The molecule has 0 heterocycles. The maximum atomic E-state index is 14.2. The Bertz CT molecular complexity index is 1350. The van der Waals surface area contributed by atoms with Crippen molar-refractivity contribution in [1.29, 1.82) is 0 Å². The summed E-state index contributed by atoms with van der Waals surface area (Å²) in [5.41, 5.74) is -2.13. The molecule has 8 nitrogen and oxygen atoms in total. The highest BCUT2D eigenvalue weighted by atomic mass is 32.2. The summed E-state index contributed by atoms with van der Waals surface area (Å²) < 4.78 is 62.5. The number of sulfone groups is 2. The summed E-state index contributed by atoms with van der Waals surface area (Å²) in [7, 11) is -6.69. The normalized spacial score (nSPS) is 25.5. The summed E-state index contributed by atoms with van der Waals surface area (Å²) >= 11 is 0. The van der Waals surface area contributed by atoms with Gasteiger partial charge < -0.3 is 9.47 Å². The average molecular weight is 505 g/mol. The van der Waals surface area contributed by atoms with Crippen molar-refractivity contribution < 1.29 is 35.9 Å². The molecule has 0 spiro atoms. The van der Waals surface area contributed by atoms with Gasteiger partial charge in [0, 0.05) is 0 Å². The van der Waals surface area contributed by atoms with E-state index in [4.69, 9.17) is 9.47 Å². The van der Waals surface area contributed by atoms with Crippen molar-refractivity contribution in [2.75, 3.05) is 14.2 Å². The molecule has 0 amide bonds. The van der Waals surface area contributed by atoms with Crippen LogP contribution >= 0.6 is 0 Å². The van der Waals surface area contributed by atoms with E-state index in [1.54, 1.807) is 12.1 Å². The van der Waals surface area contributed by atoms with Crippen LogP contribution in [-0.4, -0.2) is 52.5 Å². The average Bonchev–Trinajstić information content (AvgIpc) is 3.38. The zero-order valence-corrected chi connectivity index (χ0v) is 20.3. The lowest BCUT2D eigenvalue weighted by molar-refractivity contribution is -0.168. The number of carbonyl (C=O) groups is 2. The summed E-state index contributed by atoms with van der Waals surface area (Å²) in [5, 5.41) is 0. The zero-order chi connectivity index (χ0) is 24.8. The van der Waals surface area contributed by atoms with Gasteiger partial charge in [0.1, 0.15) is 9.49 Å². The van der Waals surface area contributed by atoms with Crippen molar-refractivity contribution in [3.05, 3.63) is 72.8 Å². The Kier molecular flexibility index (Phi) is 5.72. The number of benzene rings is 2. The second-order valence-electron chi connectivity index (χ2n) is 8.54. The lowest BCUT2D eigenvalue weighted by atomic mass is 9.84. The lowest BCUT2D eigenvalue weighted by Crippen LogP contribution is -2.55. The highest BCUT2D eigenvalue weighted by Gasteiger charge is 2.78. The Labute approximate surface area is 198 Å². The smallest absolute Gasteiger partial charge is 0.323 e. The van der Waals surface area contributed by atoms with Crippen LogP contribution in [0.3, 0.4) is 0 Å². The number of carbonyl (C=O) groups excluding carboxylic acids is 2. The van der Waals surface area contributed by atoms with E-state index < -0.39 is 59.4 Å². The molecule has 10 heteroatoms. The quantitative estimate of drug-likeness (QED) is 0.334. The fourth-order valence-electron chi connectivity index (χ4n) is 5.46. The Hall–Kier alpha value is -2.98. The molecule has 0 unspecified atom stereocenters. The van der Waals surface area contributed by atoms with E-state index in [0.717, 1.165) is 14.2 Å². The van der Waals surface area contributed by atoms with Gasteiger partial charge in [-0.2, -0.15) is 0 Å². The van der Waals surface area contributed by atoms with Crippen molar-refractivity contribution in [2.45, 2.75) is 38.5 Å². The first-order valence-electron chi connectivity index (χ1n) is 10.5. The van der Waals surface area contributed by atoms with E-state index in [1.165, 1.54) is 60.7 Å². The van der Waals surface area contributed by atoms with Crippen LogP contribution in [0.2, 0.25) is 0 Å². The van der Waals surface area contributed by atoms with Crippen LogP contribution in [0.5, 0.6) is 0 Å². The Balaban J connectivity index is 2.09. The topological polar surface area (TPSA) is 121 Å². The minimum absolute atomic E-state index is 0.100. The van der Waals surface area contributed by atoms with Gasteiger partial charge in [-0.05, 0) is 43.5 Å². The zero-order valence-electron chi connectivity index (χ0n) is 18.6. The molecule has 180 valence electrons. The molecule has 4 rings (SSSR count). The molecule has 2 atom stereocenters. The summed E-state index contributed by atoms with van der Waals surface area (Å²) in [4.78, 5) is 25.9. The van der Waals surface area contributed by atoms with Gasteiger partial charge in [-0.15, -0.1) is 0 Å². The van der Waals surface area contributed by atoms with Crippen molar-refractivity contribution in [3.63, 3.8) is 0 Å². The highest BCUT2D eigenvalue weighted by Crippen LogP contribution is 2.65. The molecule has 2 aliphatic carbocycles. The highest BCUT2D eigenvalue weighted by molar-refractivity contribution is 7.97. The molecule has 0 aliphatic heterocycles. The van der Waals surface area contributed by atoms with Crippen LogP contribution in [0.4, 0.5) is 0 Å². The Morgan fingerprint density at radius 3 is 1.68 bits per heavy atom. The summed E-state index contributed by atoms with van der Waals surface area (Å²) in [6.07, 6.45) is 1.39. The molecule has 34 heavy (non-hydrogen) atoms. The van der Waals surface area contributed by atoms with E-state index in [2.05, 4.69) is 0 Å². The molecule has 2 aromatic rings. The van der Waals surface area contributed by atoms with Gasteiger partial charge in [-0.1, -0.05) is 48.6 Å². The molecule has 1 fully saturated rings. The molecule has 2 aromatic carbocycles. The SMILES string of the molecule is COC(=O)C1(C(=O)OC)C[C@]2(S(=O)(=O)c3ccccc3)CC=C[C@]2(S(=O)(=O)c2ccccc2)C1. The molecular formula is C24H24O8S2. The van der Waals surface area contributed by atoms with Crippen molar-refractivity contribution in [3.8, 4) is 0 Å². The van der Waals surface area contributed by atoms with Crippen LogP contribution in [0.1, 0.15) is 19.3 Å². The second-order valence-corrected chi connectivity index (χ2v) is 13.0. The first kappa shape index (κ1) is 24.2. The third-order valence-corrected chi connectivity index (χ3v) is 12.3. The number of hydrogen-bond acceptors (Lipinski definition) is 8. The third kappa shape index (κ3) is 2.94. The molecule has 0 saturated heterocycles. The van der Waals surface area contributed by atoms with E-state index in [9.17, 15) is 26.4 Å². The van der Waals surface area contributed by atoms with Gasteiger partial charge in [-0.3, -0.25) is 9.59 Å². The van der Waals surface area contributed by atoms with Crippen molar-refractivity contribution in [1.82, 2.24) is 0 Å². The third-order valence-electron chi connectivity index (χ3n) is 7.01. The second kappa shape index (κ2) is 8.06. The Morgan fingerprint density at radius 1 is 0.735 bits per heavy atom. The Morgan fingerprint density at radius 2 is 1.21 bits per heavy atom. The van der Waals surface area contributed by atoms with Crippen LogP contribution < -0.4 is 0 Å². The number of esters is 2. The maximum Gasteiger partial charge on any atom is 0.323 e. The van der Waals surface area contributed by atoms with E-state index in [-0.39, 0.29) is 16.2 Å². The standard InChI is InChI=1S/C24H24O8S2/c1-31-20(25)22(21(26)32-2)16-23(33(27,28)18-10-5-3-6-11-18)14-9-15-24(23,17-22)34(29,30)19-12-7-4-8-13-19/h3-14H,15-17H2,1-2H3/t23-,24+/m0/s1. The number of fused-ring (bicyclic) bond motifs is 1. The first-order valence-corrected chi connectivity index (χ1v) is 13.5. The lowest BCUT2D eigenvalue weighted by Gasteiger charge is -2.38. The van der Waals surface area contributed by atoms with Crippen LogP contribution in [0, 0.1) is 5.41 Å². The minimum Gasteiger partial charge on any atom is -0.468 e. The number of rotatable bonds is 6. The molecule has 1 saturated carbocycles. The van der Waals surface area contributed by atoms with Gasteiger partial charge in [0.05, 0.1) is 24.0 Å². The predicted molar refractivity (Wildman–Crippen MR) is 122 cm³/mol. The van der Waals surface area contributed by atoms with Crippen molar-refractivity contribution >= 4 is 31.6 Å². The van der Waals surface area contributed by atoms with E-state index in [1.807, 2.05) is 0 Å². The number of allylic oxidation sites excluding steroid dienone is 1. The summed E-state index contributed by atoms with van der Waals surface area (Å²) in [6, 6.07) is 14.9. The fourth-order valence-corrected chi connectivity index (χ4v) is 10.7. The van der Waals surface area contributed by atoms with Crippen LogP contribution in [0.25, 0.3) is 0 Å². The molecular weight excluding hydrogens is 480 g/mol. The molecule has 0 radical (unpaired) electrons. The predicted octanol–water partition coefficient (Wildman–Crippen LogP) is 2.50. The van der Waals surface area contributed by atoms with E-state index >= 15 is 0 Å². The van der Waals surface area contributed by atoms with Gasteiger partial charge in [-0.25, -0.2) is 16.8 Å². The summed E-state index contributed by atoms with van der Waals surface area (Å²) in [6.45, 7) is 0. The number of methoxy groups -OCH3 is 2. The monoisotopic (exact) mass is 504 g/mol. The van der Waals surface area contributed by atoms with Gasteiger partial charge >= 0.3 is 11.9 Å². The molecule has 0 N–H and O–H groups in total. The summed E-state index contributed by atoms with van der Waals surface area (Å²) in [5.74, 6) is -2.07. The maximum absolute atomic E-state index is 14.2. The largest absolute Gasteiger partial charge is 0.468 e.